The summed E-state index contributed by atoms with van der Waals surface area (Å²) in [5.74, 6) is 0. The summed E-state index contributed by atoms with van der Waals surface area (Å²) in [7, 11) is -15.3. The topological polar surface area (TPSA) is 187 Å². The standard InChI is InChI=1S/C6H6NO9S3/c7-6-4(18(11,12)13)1-3(17(8,9)10)2-5(6)19(14,15)16/h1-2,7H,(H,8,9,10)(H,11,12,13)(H,14,15,16). The fourth-order valence-electron chi connectivity index (χ4n) is 1.12. The first-order chi connectivity index (χ1) is 8.24. The zero-order chi connectivity index (χ0) is 15.2. The third kappa shape index (κ3) is 3.40. The van der Waals surface area contributed by atoms with E-state index in [1.165, 1.54) is 0 Å². The first kappa shape index (κ1) is 15.8. The Morgan fingerprint density at radius 3 is 1.26 bits per heavy atom. The summed E-state index contributed by atoms with van der Waals surface area (Å²) < 4.78 is 91.5. The molecule has 0 unspecified atom stereocenters. The van der Waals surface area contributed by atoms with E-state index in [1.807, 2.05) is 0 Å². The average Bonchev–Trinajstić information content (AvgIpc) is 2.11. The van der Waals surface area contributed by atoms with Crippen molar-refractivity contribution in [2.24, 2.45) is 0 Å². The van der Waals surface area contributed by atoms with Crippen molar-refractivity contribution >= 4 is 36.0 Å². The van der Waals surface area contributed by atoms with Crippen LogP contribution < -0.4 is 5.73 Å². The van der Waals surface area contributed by atoms with E-state index in [-0.39, 0.29) is 12.1 Å². The van der Waals surface area contributed by atoms with E-state index >= 15 is 0 Å². The van der Waals surface area contributed by atoms with Crippen molar-refractivity contribution in [3.63, 3.8) is 0 Å². The van der Waals surface area contributed by atoms with Gasteiger partial charge >= 0.3 is 0 Å². The summed E-state index contributed by atoms with van der Waals surface area (Å²) in [6.07, 6.45) is 0. The Hall–Kier alpha value is -1.25. The minimum atomic E-state index is -5.14. The molecule has 1 radical (unpaired) electrons. The smallest absolute Gasteiger partial charge is 0.296 e. The van der Waals surface area contributed by atoms with E-state index < -0.39 is 50.7 Å². The van der Waals surface area contributed by atoms with Crippen molar-refractivity contribution in [3.8, 4) is 0 Å². The molecule has 0 aliphatic rings. The summed E-state index contributed by atoms with van der Waals surface area (Å²) in [6, 6.07) is 0.364. The Labute approximate surface area is 108 Å². The maximum atomic E-state index is 10.9. The lowest BCUT2D eigenvalue weighted by Gasteiger charge is -2.08. The van der Waals surface area contributed by atoms with Gasteiger partial charge < -0.3 is 0 Å². The molecule has 0 bridgehead atoms. The van der Waals surface area contributed by atoms with Gasteiger partial charge in [0.2, 0.25) is 0 Å². The first-order valence-corrected chi connectivity index (χ1v) is 8.38. The summed E-state index contributed by atoms with van der Waals surface area (Å²) in [4.78, 5) is -4.01. The van der Waals surface area contributed by atoms with E-state index in [4.69, 9.17) is 19.4 Å². The first-order valence-electron chi connectivity index (χ1n) is 4.06. The second-order valence-electron chi connectivity index (χ2n) is 3.22. The van der Waals surface area contributed by atoms with Crippen LogP contribution in [0, 0.1) is 0 Å². The van der Waals surface area contributed by atoms with Crippen LogP contribution >= 0.6 is 0 Å². The number of hydrogen-bond acceptors (Lipinski definition) is 6. The zero-order valence-electron chi connectivity index (χ0n) is 8.67. The van der Waals surface area contributed by atoms with Gasteiger partial charge in [-0.05, 0) is 12.1 Å². The molecule has 19 heavy (non-hydrogen) atoms. The largest absolute Gasteiger partial charge is 0.298 e. The molecule has 0 aliphatic heterocycles. The van der Waals surface area contributed by atoms with Crippen LogP contribution in [0.25, 0.3) is 0 Å². The van der Waals surface area contributed by atoms with Crippen LogP contribution in [0.4, 0.5) is 5.69 Å². The van der Waals surface area contributed by atoms with Crippen molar-refractivity contribution in [3.05, 3.63) is 12.1 Å². The molecule has 4 N–H and O–H groups in total. The van der Waals surface area contributed by atoms with Crippen molar-refractivity contribution in [2.75, 3.05) is 0 Å². The van der Waals surface area contributed by atoms with Gasteiger partial charge in [0.25, 0.3) is 30.4 Å². The van der Waals surface area contributed by atoms with E-state index in [0.717, 1.165) is 0 Å². The lowest BCUT2D eigenvalue weighted by atomic mass is 10.3. The lowest BCUT2D eigenvalue weighted by Crippen LogP contribution is -2.09. The third-order valence-corrected chi connectivity index (χ3v) is 4.48. The van der Waals surface area contributed by atoms with Crippen LogP contribution in [0.5, 0.6) is 0 Å². The van der Waals surface area contributed by atoms with Gasteiger partial charge in [0.15, 0.2) is 0 Å². The highest BCUT2D eigenvalue weighted by Crippen LogP contribution is 2.30. The molecule has 0 fully saturated rings. The van der Waals surface area contributed by atoms with Crippen LogP contribution in [-0.4, -0.2) is 38.9 Å². The molecule has 0 atom stereocenters. The number of benzene rings is 1. The van der Waals surface area contributed by atoms with Gasteiger partial charge in [-0.25, -0.2) is 0 Å². The predicted octanol–water partition coefficient (Wildman–Crippen LogP) is -0.659. The maximum Gasteiger partial charge on any atom is 0.296 e. The molecule has 1 rings (SSSR count). The maximum absolute atomic E-state index is 10.9. The molecule has 0 aliphatic carbocycles. The molecule has 0 spiro atoms. The fraction of sp³-hybridized carbons (Fsp3) is 0. The van der Waals surface area contributed by atoms with Gasteiger partial charge in [0.1, 0.15) is 9.79 Å². The highest BCUT2D eigenvalue weighted by Gasteiger charge is 2.27. The second kappa shape index (κ2) is 4.39. The lowest BCUT2D eigenvalue weighted by molar-refractivity contribution is 0.479. The quantitative estimate of drug-likeness (QED) is 0.603. The molecule has 0 saturated heterocycles. The SMILES string of the molecule is [NH]c1c(S(=O)(=O)O)cc(S(=O)(=O)O)cc1S(=O)(=O)O. The summed E-state index contributed by atoms with van der Waals surface area (Å²) in [6.45, 7) is 0. The van der Waals surface area contributed by atoms with Crippen LogP contribution in [0.2, 0.25) is 0 Å². The van der Waals surface area contributed by atoms with Crippen molar-refractivity contribution < 1.29 is 38.9 Å². The average molecular weight is 332 g/mol. The minimum absolute atomic E-state index is 0.182. The Morgan fingerprint density at radius 2 is 1.05 bits per heavy atom. The molecule has 0 saturated carbocycles. The molecular weight excluding hydrogens is 326 g/mol. The number of rotatable bonds is 3. The van der Waals surface area contributed by atoms with Gasteiger partial charge in [0, 0.05) is 0 Å². The summed E-state index contributed by atoms with van der Waals surface area (Å²) >= 11 is 0. The van der Waals surface area contributed by atoms with Gasteiger partial charge in [-0.3, -0.25) is 19.4 Å². The molecule has 0 heterocycles. The van der Waals surface area contributed by atoms with E-state index in [1.54, 1.807) is 0 Å². The van der Waals surface area contributed by atoms with E-state index in [9.17, 15) is 25.3 Å². The van der Waals surface area contributed by atoms with E-state index in [2.05, 4.69) is 0 Å². The van der Waals surface area contributed by atoms with Crippen LogP contribution in [0.1, 0.15) is 0 Å². The minimum Gasteiger partial charge on any atom is -0.298 e. The van der Waals surface area contributed by atoms with Gasteiger partial charge in [0.05, 0.1) is 10.6 Å². The molecule has 0 amide bonds. The summed E-state index contributed by atoms with van der Waals surface area (Å²) in [5, 5.41) is 0. The zero-order valence-corrected chi connectivity index (χ0v) is 11.1. The Kier molecular flexibility index (Phi) is 3.66. The Bertz CT molecular complexity index is 781. The van der Waals surface area contributed by atoms with Crippen LogP contribution in [0.15, 0.2) is 26.8 Å². The second-order valence-corrected chi connectivity index (χ2v) is 7.42. The van der Waals surface area contributed by atoms with E-state index in [0.29, 0.717) is 0 Å². The fourth-order valence-corrected chi connectivity index (χ4v) is 3.16. The highest BCUT2D eigenvalue weighted by atomic mass is 32.2. The molecule has 0 aromatic heterocycles. The predicted molar refractivity (Wildman–Crippen MR) is 58.6 cm³/mol. The van der Waals surface area contributed by atoms with Crippen molar-refractivity contribution in [2.45, 2.75) is 14.7 Å². The molecule has 13 heteroatoms. The van der Waals surface area contributed by atoms with Gasteiger partial charge in [-0.15, -0.1) is 0 Å². The Morgan fingerprint density at radius 1 is 0.737 bits per heavy atom. The number of nitrogens with one attached hydrogen (secondary N) is 1. The third-order valence-electron chi connectivity index (χ3n) is 1.89. The van der Waals surface area contributed by atoms with Crippen molar-refractivity contribution in [1.82, 2.24) is 5.73 Å². The Balaban J connectivity index is 4.00. The van der Waals surface area contributed by atoms with Gasteiger partial charge in [-0.2, -0.15) is 25.3 Å². The van der Waals surface area contributed by atoms with Crippen LogP contribution in [0.3, 0.4) is 0 Å². The monoisotopic (exact) mass is 332 g/mol. The molecule has 1 aromatic carbocycles. The van der Waals surface area contributed by atoms with Crippen LogP contribution in [-0.2, 0) is 30.4 Å². The number of hydrogen-bond donors (Lipinski definition) is 3. The molecule has 1 aromatic rings. The highest BCUT2D eigenvalue weighted by molar-refractivity contribution is 7.87. The molecular formula is C6H6NO9S3. The van der Waals surface area contributed by atoms with Gasteiger partial charge in [-0.1, -0.05) is 0 Å². The molecule has 10 nitrogen and oxygen atoms in total. The molecule has 107 valence electrons. The summed E-state index contributed by atoms with van der Waals surface area (Å²) in [5.41, 5.74) is 5.87. The van der Waals surface area contributed by atoms with Crippen molar-refractivity contribution in [1.29, 1.82) is 0 Å². The normalized spacial score (nSPS) is 13.4.